The van der Waals surface area contributed by atoms with Crippen molar-refractivity contribution in [3.8, 4) is 0 Å². The number of hydrogen-bond acceptors (Lipinski definition) is 2. The van der Waals surface area contributed by atoms with Gasteiger partial charge in [0, 0.05) is 35.6 Å². The second-order valence-corrected chi connectivity index (χ2v) is 0.619. The van der Waals surface area contributed by atoms with Gasteiger partial charge in [0.15, 0.2) is 0 Å². The minimum absolute atomic E-state index is 0. The molecule has 0 aromatic heterocycles. The Bertz CT molecular complexity index is 46.1. The summed E-state index contributed by atoms with van der Waals surface area (Å²) in [5.74, 6) is 0. The Morgan fingerprint density at radius 2 is 2.00 bits per heavy atom. The molecule has 0 bridgehead atoms. The summed E-state index contributed by atoms with van der Waals surface area (Å²) in [5, 5.41) is 7.48. The molecule has 1 radical (unpaired) electrons. The van der Waals surface area contributed by atoms with E-state index in [4.69, 9.17) is 9.90 Å². The van der Waals surface area contributed by atoms with Gasteiger partial charge in [-0.3, -0.25) is 0 Å². The summed E-state index contributed by atoms with van der Waals surface area (Å²) in [7, 11) is 1.59. The average Bonchev–Trinajstić information content (AvgIpc) is 1.38. The van der Waals surface area contributed by atoms with E-state index < -0.39 is 6.16 Å². The average molecular weight is 233 g/mol. The molecular weight excluding hydrogens is 230 g/mol. The largest absolute Gasteiger partial charge is 0.507 e. The van der Waals surface area contributed by atoms with Crippen molar-refractivity contribution in [3.05, 3.63) is 0 Å². The fraction of sp³-hybridized carbons (Fsp3) is 0. The van der Waals surface area contributed by atoms with E-state index in [1.165, 1.54) is 0 Å². The molecule has 6 heavy (non-hydrogen) atoms. The predicted molar refractivity (Wildman–Crippen MR) is 18.8 cm³/mol. The normalized spacial score (nSPS) is 5.50. The SMILES string of the molecule is O=C(O)OP.[La]. The summed E-state index contributed by atoms with van der Waals surface area (Å²) in [6, 6.07) is 0. The number of carbonyl (C=O) groups is 1. The maximum atomic E-state index is 9.12. The van der Waals surface area contributed by atoms with Crippen LogP contribution in [-0.2, 0) is 4.52 Å². The molecule has 0 amide bonds. The Morgan fingerprint density at radius 3 is 2.00 bits per heavy atom. The monoisotopic (exact) mass is 233 g/mol. The second-order valence-electron chi connectivity index (χ2n) is 0.384. The van der Waals surface area contributed by atoms with Gasteiger partial charge in [0.05, 0.1) is 9.47 Å². The molecule has 0 fully saturated rings. The van der Waals surface area contributed by atoms with Crippen LogP contribution in [-0.4, -0.2) is 11.3 Å². The molecule has 0 aromatic rings. The van der Waals surface area contributed by atoms with Crippen molar-refractivity contribution in [3.63, 3.8) is 0 Å². The van der Waals surface area contributed by atoms with E-state index in [2.05, 4.69) is 4.52 Å². The van der Waals surface area contributed by atoms with Gasteiger partial charge in [-0.15, -0.1) is 0 Å². The minimum atomic E-state index is -1.28. The summed E-state index contributed by atoms with van der Waals surface area (Å²) in [4.78, 5) is 9.12. The first-order valence-electron chi connectivity index (χ1n) is 0.868. The first-order chi connectivity index (χ1) is 2.27. The first kappa shape index (κ1) is 10.00. The topological polar surface area (TPSA) is 46.5 Å². The molecule has 0 aliphatic rings. The molecule has 0 spiro atoms. The fourth-order valence-corrected chi connectivity index (χ4v) is 0. The second kappa shape index (κ2) is 5.89. The van der Waals surface area contributed by atoms with Gasteiger partial charge in [0.2, 0.25) is 0 Å². The maximum Gasteiger partial charge on any atom is 0.507 e. The predicted octanol–water partition coefficient (Wildman–Crippen LogP) is 0.471. The van der Waals surface area contributed by atoms with Crippen molar-refractivity contribution in [2.75, 3.05) is 0 Å². The van der Waals surface area contributed by atoms with Crippen LogP contribution in [0.15, 0.2) is 0 Å². The van der Waals surface area contributed by atoms with Crippen LogP contribution < -0.4 is 0 Å². The molecule has 0 rings (SSSR count). The van der Waals surface area contributed by atoms with E-state index in [0.717, 1.165) is 0 Å². The number of rotatable bonds is 0. The summed E-state index contributed by atoms with van der Waals surface area (Å²) < 4.78 is 3.58. The van der Waals surface area contributed by atoms with Crippen LogP contribution in [0.4, 0.5) is 4.79 Å². The number of hydrogen-bond donors (Lipinski definition) is 1. The Kier molecular flexibility index (Phi) is 9.82. The molecule has 3 nitrogen and oxygen atoms in total. The van der Waals surface area contributed by atoms with E-state index >= 15 is 0 Å². The van der Waals surface area contributed by atoms with E-state index in [9.17, 15) is 0 Å². The van der Waals surface area contributed by atoms with Crippen LogP contribution in [0.2, 0.25) is 0 Å². The molecule has 1 unspecified atom stereocenters. The van der Waals surface area contributed by atoms with E-state index in [0.29, 0.717) is 0 Å². The molecule has 0 saturated heterocycles. The molecule has 5 heteroatoms. The zero-order chi connectivity index (χ0) is 4.28. The first-order valence-corrected chi connectivity index (χ1v) is 1.34. The van der Waals surface area contributed by atoms with Crippen molar-refractivity contribution in [2.24, 2.45) is 0 Å². The molecule has 0 saturated carbocycles. The van der Waals surface area contributed by atoms with Crippen molar-refractivity contribution in [1.29, 1.82) is 0 Å². The van der Waals surface area contributed by atoms with E-state index in [1.807, 2.05) is 0 Å². The van der Waals surface area contributed by atoms with Crippen LogP contribution in [0.3, 0.4) is 0 Å². The summed E-state index contributed by atoms with van der Waals surface area (Å²) >= 11 is 0. The Labute approximate surface area is 65.3 Å². The van der Waals surface area contributed by atoms with Gasteiger partial charge in [-0.2, -0.15) is 0 Å². The molecule has 1 atom stereocenters. The van der Waals surface area contributed by atoms with Gasteiger partial charge >= 0.3 is 6.16 Å². The minimum Gasteiger partial charge on any atom is -0.450 e. The zero-order valence-electron chi connectivity index (χ0n) is 2.92. The third kappa shape index (κ3) is 8.86. The summed E-state index contributed by atoms with van der Waals surface area (Å²) in [5.41, 5.74) is 0. The van der Waals surface area contributed by atoms with Crippen molar-refractivity contribution in [1.82, 2.24) is 0 Å². The summed E-state index contributed by atoms with van der Waals surface area (Å²) in [6.45, 7) is 0. The molecular formula is CH3LaO3P. The Balaban J connectivity index is 0. The number of carboxylic acid groups (broad SMARTS) is 1. The van der Waals surface area contributed by atoms with Crippen LogP contribution in [0.25, 0.3) is 0 Å². The maximum absolute atomic E-state index is 9.12. The van der Waals surface area contributed by atoms with Crippen molar-refractivity contribution < 1.29 is 50.0 Å². The molecule has 0 aliphatic carbocycles. The van der Waals surface area contributed by atoms with E-state index in [1.54, 1.807) is 9.47 Å². The standard InChI is InChI=1S/CH3O3P.La/c2-1(3)4-5;/h5H2,(H,2,3);. The molecule has 33 valence electrons. The molecule has 0 heterocycles. The van der Waals surface area contributed by atoms with Crippen LogP contribution in [0.1, 0.15) is 0 Å². The van der Waals surface area contributed by atoms with Gasteiger partial charge in [0.25, 0.3) is 0 Å². The van der Waals surface area contributed by atoms with Gasteiger partial charge < -0.3 is 9.63 Å². The van der Waals surface area contributed by atoms with Crippen molar-refractivity contribution in [2.45, 2.75) is 0 Å². The Hall–Kier alpha value is 0.895. The van der Waals surface area contributed by atoms with Gasteiger partial charge in [-0.05, 0) is 0 Å². The summed E-state index contributed by atoms with van der Waals surface area (Å²) in [6.07, 6.45) is -1.28. The van der Waals surface area contributed by atoms with Crippen LogP contribution in [0.5, 0.6) is 0 Å². The smallest absolute Gasteiger partial charge is 0.450 e. The van der Waals surface area contributed by atoms with Crippen molar-refractivity contribution >= 4 is 15.6 Å². The van der Waals surface area contributed by atoms with Crippen LogP contribution in [0, 0.1) is 35.6 Å². The molecule has 1 N–H and O–H groups in total. The van der Waals surface area contributed by atoms with E-state index in [-0.39, 0.29) is 35.6 Å². The van der Waals surface area contributed by atoms with Crippen LogP contribution >= 0.6 is 9.47 Å². The molecule has 0 aliphatic heterocycles. The fourth-order valence-electron chi connectivity index (χ4n) is 0. The van der Waals surface area contributed by atoms with Gasteiger partial charge in [-0.1, -0.05) is 0 Å². The quantitative estimate of drug-likeness (QED) is 0.618. The zero-order valence-corrected chi connectivity index (χ0v) is 7.70. The van der Waals surface area contributed by atoms with Gasteiger partial charge in [-0.25, -0.2) is 4.79 Å². The molecule has 0 aromatic carbocycles. The Morgan fingerprint density at radius 1 is 1.83 bits per heavy atom. The third-order valence-corrected chi connectivity index (χ3v) is 0.302. The van der Waals surface area contributed by atoms with Gasteiger partial charge in [0.1, 0.15) is 0 Å². The third-order valence-electron chi connectivity index (χ3n) is 0.101.